The Bertz CT molecular complexity index is 721. The first-order chi connectivity index (χ1) is 12.0. The van der Waals surface area contributed by atoms with Gasteiger partial charge >= 0.3 is 0 Å². The van der Waals surface area contributed by atoms with Crippen LogP contribution in [0.1, 0.15) is 18.0 Å². The van der Waals surface area contributed by atoms with Crippen molar-refractivity contribution in [3.8, 4) is 0 Å². The molecule has 0 aromatic heterocycles. The van der Waals surface area contributed by atoms with E-state index in [9.17, 15) is 20.0 Å². The van der Waals surface area contributed by atoms with Crippen LogP contribution in [0, 0.1) is 10.1 Å². The molecule has 0 aliphatic carbocycles. The quantitative estimate of drug-likeness (QED) is 0.567. The zero-order chi connectivity index (χ0) is 18.2. The molecule has 7 nitrogen and oxygen atoms in total. The Labute approximate surface area is 146 Å². The van der Waals surface area contributed by atoms with E-state index in [4.69, 9.17) is 0 Å². The van der Waals surface area contributed by atoms with Crippen LogP contribution in [0.2, 0.25) is 0 Å². The molecule has 0 radical (unpaired) electrons. The van der Waals surface area contributed by atoms with Crippen LogP contribution in [0.3, 0.4) is 0 Å². The molecule has 0 heterocycles. The van der Waals surface area contributed by atoms with E-state index in [2.05, 4.69) is 5.32 Å². The second-order valence-corrected chi connectivity index (χ2v) is 5.57. The standard InChI is InChI=1S/C18H21N3O4/c1-20(16(11-12-22)14-7-3-2-4-8-14)18(23)13-19-15-9-5-6-10-17(15)21(24)25/h2-10,16,19,22H,11-13H2,1H3. The number of hydrogen-bond donors (Lipinski definition) is 2. The monoisotopic (exact) mass is 343 g/mol. The maximum absolute atomic E-state index is 12.5. The number of nitrogens with one attached hydrogen (secondary N) is 1. The lowest BCUT2D eigenvalue weighted by molar-refractivity contribution is -0.383. The fraction of sp³-hybridized carbons (Fsp3) is 0.278. The predicted octanol–water partition coefficient (Wildman–Crippen LogP) is 2.59. The zero-order valence-electron chi connectivity index (χ0n) is 14.0. The Balaban J connectivity index is 2.07. The molecule has 7 heteroatoms. The molecule has 0 fully saturated rings. The van der Waals surface area contributed by atoms with Gasteiger partial charge in [-0.2, -0.15) is 0 Å². The summed E-state index contributed by atoms with van der Waals surface area (Å²) in [6.45, 7) is -0.120. The molecular formula is C18H21N3O4. The largest absolute Gasteiger partial charge is 0.396 e. The van der Waals surface area contributed by atoms with Crippen molar-refractivity contribution in [1.29, 1.82) is 0 Å². The summed E-state index contributed by atoms with van der Waals surface area (Å²) in [5, 5.41) is 23.2. The highest BCUT2D eigenvalue weighted by Crippen LogP contribution is 2.25. The molecule has 0 aliphatic rings. The van der Waals surface area contributed by atoms with Crippen LogP contribution in [0.15, 0.2) is 54.6 Å². The van der Waals surface area contributed by atoms with Crippen LogP contribution in [0.4, 0.5) is 11.4 Å². The molecule has 0 saturated heterocycles. The van der Waals surface area contributed by atoms with E-state index in [0.29, 0.717) is 12.1 Å². The number of carbonyl (C=O) groups is 1. The molecule has 25 heavy (non-hydrogen) atoms. The fourth-order valence-electron chi connectivity index (χ4n) is 2.63. The Hall–Kier alpha value is -2.93. The number of aliphatic hydroxyl groups is 1. The van der Waals surface area contributed by atoms with Gasteiger partial charge < -0.3 is 15.3 Å². The topological polar surface area (TPSA) is 95.7 Å². The van der Waals surface area contributed by atoms with Crippen molar-refractivity contribution in [1.82, 2.24) is 4.90 Å². The minimum atomic E-state index is -0.491. The first-order valence-electron chi connectivity index (χ1n) is 7.93. The predicted molar refractivity (Wildman–Crippen MR) is 95.2 cm³/mol. The summed E-state index contributed by atoms with van der Waals surface area (Å²) < 4.78 is 0. The van der Waals surface area contributed by atoms with Crippen LogP contribution in [-0.4, -0.2) is 41.0 Å². The summed E-state index contributed by atoms with van der Waals surface area (Å²) in [4.78, 5) is 24.6. The molecule has 2 aromatic rings. The molecule has 1 atom stereocenters. The van der Waals surface area contributed by atoms with E-state index in [0.717, 1.165) is 5.56 Å². The van der Waals surface area contributed by atoms with Gasteiger partial charge in [-0.05, 0) is 18.1 Å². The van der Waals surface area contributed by atoms with E-state index in [1.807, 2.05) is 30.3 Å². The molecule has 2 N–H and O–H groups in total. The van der Waals surface area contributed by atoms with Crippen molar-refractivity contribution in [3.05, 3.63) is 70.3 Å². The average Bonchev–Trinajstić information content (AvgIpc) is 2.64. The summed E-state index contributed by atoms with van der Waals surface area (Å²) in [6.07, 6.45) is 0.414. The number of amides is 1. The van der Waals surface area contributed by atoms with E-state index in [1.54, 1.807) is 30.1 Å². The van der Waals surface area contributed by atoms with E-state index in [-0.39, 0.29) is 30.8 Å². The summed E-state index contributed by atoms with van der Waals surface area (Å²) in [7, 11) is 1.66. The van der Waals surface area contributed by atoms with Gasteiger partial charge in [0.2, 0.25) is 5.91 Å². The van der Waals surface area contributed by atoms with E-state index in [1.165, 1.54) is 6.07 Å². The van der Waals surface area contributed by atoms with E-state index < -0.39 is 4.92 Å². The second kappa shape index (κ2) is 8.79. The lowest BCUT2D eigenvalue weighted by atomic mass is 10.0. The highest BCUT2D eigenvalue weighted by Gasteiger charge is 2.22. The second-order valence-electron chi connectivity index (χ2n) is 5.57. The average molecular weight is 343 g/mol. The highest BCUT2D eigenvalue weighted by molar-refractivity contribution is 5.82. The molecule has 1 unspecified atom stereocenters. The van der Waals surface area contributed by atoms with Gasteiger partial charge in [0, 0.05) is 19.7 Å². The Morgan fingerprint density at radius 3 is 2.48 bits per heavy atom. The number of hydrogen-bond acceptors (Lipinski definition) is 5. The third-order valence-corrected chi connectivity index (χ3v) is 3.98. The number of benzene rings is 2. The molecule has 132 valence electrons. The van der Waals surface area contributed by atoms with Crippen LogP contribution in [-0.2, 0) is 4.79 Å². The van der Waals surface area contributed by atoms with Crippen molar-refractivity contribution < 1.29 is 14.8 Å². The van der Waals surface area contributed by atoms with Crippen LogP contribution >= 0.6 is 0 Å². The fourth-order valence-corrected chi connectivity index (χ4v) is 2.63. The van der Waals surface area contributed by atoms with Crippen molar-refractivity contribution >= 4 is 17.3 Å². The molecule has 0 spiro atoms. The van der Waals surface area contributed by atoms with Crippen molar-refractivity contribution in [2.75, 3.05) is 25.5 Å². The van der Waals surface area contributed by atoms with E-state index >= 15 is 0 Å². The molecule has 2 aromatic carbocycles. The Kier molecular flexibility index (Phi) is 6.47. The number of rotatable bonds is 8. The Morgan fingerprint density at radius 1 is 1.20 bits per heavy atom. The SMILES string of the molecule is CN(C(=O)CNc1ccccc1[N+](=O)[O-])C(CCO)c1ccccc1. The Morgan fingerprint density at radius 2 is 1.84 bits per heavy atom. The van der Waals surface area contributed by atoms with Gasteiger partial charge in [0.05, 0.1) is 17.5 Å². The first-order valence-corrected chi connectivity index (χ1v) is 7.93. The zero-order valence-corrected chi connectivity index (χ0v) is 14.0. The normalized spacial score (nSPS) is 11.6. The number of para-hydroxylation sites is 2. The minimum absolute atomic E-state index is 0.0469. The summed E-state index contributed by atoms with van der Waals surface area (Å²) in [5.74, 6) is -0.222. The molecule has 2 rings (SSSR count). The number of aliphatic hydroxyl groups excluding tert-OH is 1. The summed E-state index contributed by atoms with van der Waals surface area (Å²) in [6, 6.07) is 15.4. The number of carbonyl (C=O) groups excluding carboxylic acids is 1. The highest BCUT2D eigenvalue weighted by atomic mass is 16.6. The lowest BCUT2D eigenvalue weighted by Gasteiger charge is -2.28. The van der Waals surface area contributed by atoms with Gasteiger partial charge in [0.25, 0.3) is 5.69 Å². The summed E-state index contributed by atoms with van der Waals surface area (Å²) >= 11 is 0. The van der Waals surface area contributed by atoms with Gasteiger partial charge in [-0.15, -0.1) is 0 Å². The first kappa shape index (κ1) is 18.4. The van der Waals surface area contributed by atoms with Gasteiger partial charge in [0.15, 0.2) is 0 Å². The third kappa shape index (κ3) is 4.77. The molecular weight excluding hydrogens is 322 g/mol. The third-order valence-electron chi connectivity index (χ3n) is 3.98. The number of anilines is 1. The number of nitrogens with zero attached hydrogens (tertiary/aromatic N) is 2. The lowest BCUT2D eigenvalue weighted by Crippen LogP contribution is -2.36. The van der Waals surface area contributed by atoms with Crippen LogP contribution < -0.4 is 5.32 Å². The van der Waals surface area contributed by atoms with Gasteiger partial charge in [-0.25, -0.2) is 0 Å². The van der Waals surface area contributed by atoms with Crippen LogP contribution in [0.5, 0.6) is 0 Å². The number of nitro groups is 1. The minimum Gasteiger partial charge on any atom is -0.396 e. The molecule has 0 bridgehead atoms. The maximum Gasteiger partial charge on any atom is 0.292 e. The molecule has 1 amide bonds. The molecule has 0 saturated carbocycles. The van der Waals surface area contributed by atoms with Gasteiger partial charge in [-0.3, -0.25) is 14.9 Å². The van der Waals surface area contributed by atoms with Crippen LogP contribution in [0.25, 0.3) is 0 Å². The van der Waals surface area contributed by atoms with Crippen molar-refractivity contribution in [3.63, 3.8) is 0 Å². The number of nitro benzene ring substituents is 1. The van der Waals surface area contributed by atoms with Gasteiger partial charge in [-0.1, -0.05) is 42.5 Å². The van der Waals surface area contributed by atoms with Gasteiger partial charge in [0.1, 0.15) is 5.69 Å². The molecule has 0 aliphatic heterocycles. The number of likely N-dealkylation sites (N-methyl/N-ethyl adjacent to an activating group) is 1. The summed E-state index contributed by atoms with van der Waals surface area (Å²) in [5.41, 5.74) is 1.15. The smallest absolute Gasteiger partial charge is 0.292 e. The van der Waals surface area contributed by atoms with Crippen molar-refractivity contribution in [2.45, 2.75) is 12.5 Å². The maximum atomic E-state index is 12.5. The van der Waals surface area contributed by atoms with Crippen molar-refractivity contribution in [2.24, 2.45) is 0 Å².